The van der Waals surface area contributed by atoms with E-state index in [1.54, 1.807) is 18.2 Å². The number of ketones is 1. The van der Waals surface area contributed by atoms with Gasteiger partial charge < -0.3 is 29.1 Å². The van der Waals surface area contributed by atoms with E-state index in [0.29, 0.717) is 23.6 Å². The topological polar surface area (TPSA) is 88.5 Å². The molecule has 33 heavy (non-hydrogen) atoms. The van der Waals surface area contributed by atoms with Crippen molar-refractivity contribution in [3.63, 3.8) is 0 Å². The van der Waals surface area contributed by atoms with Crippen LogP contribution in [0.4, 0.5) is 4.39 Å². The number of aliphatic hydroxyl groups excluding tert-OH is 1. The first kappa shape index (κ1) is 24.1. The molecular formula is C24H27FN2O6. The van der Waals surface area contributed by atoms with Crippen LogP contribution < -0.4 is 14.2 Å². The summed E-state index contributed by atoms with van der Waals surface area (Å²) in [5.41, 5.74) is 0.353. The molecule has 1 amide bonds. The van der Waals surface area contributed by atoms with Crippen LogP contribution in [0.15, 0.2) is 42.0 Å². The smallest absolute Gasteiger partial charge is 0.295 e. The highest BCUT2D eigenvalue weighted by molar-refractivity contribution is 6.46. The highest BCUT2D eigenvalue weighted by atomic mass is 19.1. The van der Waals surface area contributed by atoms with Gasteiger partial charge in [0.1, 0.15) is 5.76 Å². The highest BCUT2D eigenvalue weighted by Crippen LogP contribution is 2.45. The molecule has 0 radical (unpaired) electrons. The summed E-state index contributed by atoms with van der Waals surface area (Å²) in [7, 11) is 7.94. The summed E-state index contributed by atoms with van der Waals surface area (Å²) in [5.74, 6) is -2.10. The number of likely N-dealkylation sites (N-methyl/N-ethyl adjacent to an activating group) is 1. The van der Waals surface area contributed by atoms with Gasteiger partial charge in [-0.15, -0.1) is 0 Å². The van der Waals surface area contributed by atoms with Crippen LogP contribution in [0, 0.1) is 5.82 Å². The van der Waals surface area contributed by atoms with E-state index in [9.17, 15) is 19.1 Å². The maximum absolute atomic E-state index is 14.3. The summed E-state index contributed by atoms with van der Waals surface area (Å²) in [6, 6.07) is 7.95. The molecule has 8 nitrogen and oxygen atoms in total. The van der Waals surface area contributed by atoms with Crippen LogP contribution in [-0.4, -0.2) is 75.1 Å². The molecule has 0 aliphatic carbocycles. The largest absolute Gasteiger partial charge is 0.507 e. The van der Waals surface area contributed by atoms with Crippen molar-refractivity contribution >= 4 is 17.4 Å². The fourth-order valence-electron chi connectivity index (χ4n) is 3.84. The van der Waals surface area contributed by atoms with Gasteiger partial charge in [-0.25, -0.2) is 4.39 Å². The molecule has 1 saturated heterocycles. The molecule has 3 rings (SSSR count). The number of nitrogens with zero attached hydrogens (tertiary/aromatic N) is 2. The Morgan fingerprint density at radius 1 is 1.06 bits per heavy atom. The number of ether oxygens (including phenoxy) is 3. The normalized spacial score (nSPS) is 17.5. The van der Waals surface area contributed by atoms with Gasteiger partial charge in [-0.1, -0.05) is 12.1 Å². The van der Waals surface area contributed by atoms with Gasteiger partial charge in [0.05, 0.1) is 32.9 Å². The third-order valence-corrected chi connectivity index (χ3v) is 5.48. The molecule has 1 heterocycles. The van der Waals surface area contributed by atoms with Crippen molar-refractivity contribution in [1.82, 2.24) is 9.80 Å². The Labute approximate surface area is 191 Å². The summed E-state index contributed by atoms with van der Waals surface area (Å²) in [6.07, 6.45) is 0. The van der Waals surface area contributed by atoms with Crippen molar-refractivity contribution in [3.05, 3.63) is 58.9 Å². The van der Waals surface area contributed by atoms with Crippen LogP contribution in [0.25, 0.3) is 5.76 Å². The lowest BCUT2D eigenvalue weighted by Gasteiger charge is -2.28. The van der Waals surface area contributed by atoms with Crippen LogP contribution in [0.5, 0.6) is 17.2 Å². The zero-order valence-electron chi connectivity index (χ0n) is 19.2. The average molecular weight is 458 g/mol. The monoisotopic (exact) mass is 458 g/mol. The minimum absolute atomic E-state index is 0.0102. The number of halogens is 1. The number of benzene rings is 2. The number of carbonyl (C=O) groups is 2. The summed E-state index contributed by atoms with van der Waals surface area (Å²) in [4.78, 5) is 29.4. The number of para-hydroxylation sites is 1. The molecule has 1 N–H and O–H groups in total. The minimum Gasteiger partial charge on any atom is -0.507 e. The van der Waals surface area contributed by atoms with Gasteiger partial charge in [0.15, 0.2) is 23.1 Å². The summed E-state index contributed by atoms with van der Waals surface area (Å²) >= 11 is 0. The Morgan fingerprint density at radius 3 is 2.33 bits per heavy atom. The van der Waals surface area contributed by atoms with Crippen LogP contribution >= 0.6 is 0 Å². The average Bonchev–Trinajstić information content (AvgIpc) is 3.06. The molecule has 0 saturated carbocycles. The van der Waals surface area contributed by atoms with Gasteiger partial charge in [-0.05, 0) is 38.4 Å². The number of likely N-dealkylation sites (tertiary alicyclic amines) is 1. The fourth-order valence-corrected chi connectivity index (χ4v) is 3.84. The molecule has 1 aliphatic heterocycles. The van der Waals surface area contributed by atoms with Gasteiger partial charge in [0.25, 0.3) is 11.7 Å². The predicted molar refractivity (Wildman–Crippen MR) is 120 cm³/mol. The van der Waals surface area contributed by atoms with E-state index in [1.165, 1.54) is 38.4 Å². The number of carbonyl (C=O) groups excluding carboxylic acids is 2. The molecule has 0 aromatic heterocycles. The minimum atomic E-state index is -0.958. The molecule has 0 bridgehead atoms. The predicted octanol–water partition coefficient (Wildman–Crippen LogP) is 2.83. The number of hydrogen-bond donors (Lipinski definition) is 1. The maximum Gasteiger partial charge on any atom is 0.295 e. The molecule has 2 aromatic rings. The second-order valence-electron chi connectivity index (χ2n) is 7.73. The lowest BCUT2D eigenvalue weighted by molar-refractivity contribution is -0.140. The molecular weight excluding hydrogens is 431 g/mol. The number of Topliss-reactive ketones (excluding diaryl/α,β-unsaturated/α-hetero) is 1. The van der Waals surface area contributed by atoms with Crippen LogP contribution in [0.2, 0.25) is 0 Å². The van der Waals surface area contributed by atoms with E-state index < -0.39 is 29.3 Å². The zero-order valence-corrected chi connectivity index (χ0v) is 19.2. The van der Waals surface area contributed by atoms with E-state index in [2.05, 4.69) is 0 Å². The maximum atomic E-state index is 14.3. The van der Waals surface area contributed by atoms with Gasteiger partial charge in [-0.2, -0.15) is 0 Å². The van der Waals surface area contributed by atoms with Crippen molar-refractivity contribution in [2.45, 2.75) is 6.04 Å². The lowest BCUT2D eigenvalue weighted by Crippen LogP contribution is -2.35. The fraction of sp³-hybridized carbons (Fsp3) is 0.333. The SMILES string of the molecule is COc1ccc(/C(O)=C2\C(=O)C(=O)N(CCN(C)C)C2c2cccc(OC)c2OC)cc1F. The number of amides is 1. The molecule has 2 aromatic carbocycles. The Balaban J connectivity index is 2.25. The first-order valence-corrected chi connectivity index (χ1v) is 10.2. The second-order valence-corrected chi connectivity index (χ2v) is 7.73. The molecule has 1 fully saturated rings. The van der Waals surface area contributed by atoms with Gasteiger partial charge in [-0.3, -0.25) is 9.59 Å². The van der Waals surface area contributed by atoms with Crippen molar-refractivity contribution in [1.29, 1.82) is 0 Å². The van der Waals surface area contributed by atoms with Gasteiger partial charge in [0.2, 0.25) is 0 Å². The van der Waals surface area contributed by atoms with Gasteiger partial charge >= 0.3 is 0 Å². The first-order valence-electron chi connectivity index (χ1n) is 10.2. The highest BCUT2D eigenvalue weighted by Gasteiger charge is 2.47. The van der Waals surface area contributed by atoms with Crippen LogP contribution in [-0.2, 0) is 9.59 Å². The molecule has 1 atom stereocenters. The number of hydrogen-bond acceptors (Lipinski definition) is 7. The van der Waals surface area contributed by atoms with E-state index in [1.807, 2.05) is 19.0 Å². The molecule has 9 heteroatoms. The number of rotatable bonds is 8. The van der Waals surface area contributed by atoms with Crippen LogP contribution in [0.1, 0.15) is 17.2 Å². The van der Waals surface area contributed by atoms with E-state index >= 15 is 0 Å². The van der Waals surface area contributed by atoms with Gasteiger partial charge in [0, 0.05) is 24.2 Å². The third kappa shape index (κ3) is 4.49. The summed E-state index contributed by atoms with van der Waals surface area (Å²) < 4.78 is 30.2. The number of aliphatic hydroxyl groups is 1. The van der Waals surface area contributed by atoms with E-state index in [0.717, 1.165) is 6.07 Å². The van der Waals surface area contributed by atoms with Crippen molar-refractivity contribution in [2.24, 2.45) is 0 Å². The van der Waals surface area contributed by atoms with Crippen molar-refractivity contribution in [3.8, 4) is 17.2 Å². The molecule has 1 unspecified atom stereocenters. The Bertz CT molecular complexity index is 1100. The second kappa shape index (κ2) is 9.91. The quantitative estimate of drug-likeness (QED) is 0.370. The molecule has 176 valence electrons. The van der Waals surface area contributed by atoms with Crippen molar-refractivity contribution in [2.75, 3.05) is 48.5 Å². The van der Waals surface area contributed by atoms with Crippen LogP contribution in [0.3, 0.4) is 0 Å². The summed E-state index contributed by atoms with van der Waals surface area (Å²) in [6.45, 7) is 0.698. The zero-order chi connectivity index (χ0) is 24.3. The lowest BCUT2D eigenvalue weighted by atomic mass is 9.94. The summed E-state index contributed by atoms with van der Waals surface area (Å²) in [5, 5.41) is 11.1. The third-order valence-electron chi connectivity index (χ3n) is 5.48. The molecule has 0 spiro atoms. The number of methoxy groups -OCH3 is 3. The Hall–Kier alpha value is -3.59. The van der Waals surface area contributed by atoms with E-state index in [-0.39, 0.29) is 23.4 Å². The standard InChI is InChI=1S/C24H27FN2O6/c1-26(2)11-12-27-20(15-7-6-8-18(32-4)23(15)33-5)19(22(29)24(27)30)21(28)14-9-10-17(31-3)16(25)13-14/h6-10,13,20,28H,11-12H2,1-5H3/b21-19+. The molecule has 1 aliphatic rings. The van der Waals surface area contributed by atoms with Crippen molar-refractivity contribution < 1.29 is 33.3 Å². The Morgan fingerprint density at radius 2 is 1.76 bits per heavy atom. The van der Waals surface area contributed by atoms with E-state index in [4.69, 9.17) is 14.2 Å². The first-order chi connectivity index (χ1) is 15.7. The Kier molecular flexibility index (Phi) is 7.23.